The number of aldehydes is 1. The van der Waals surface area contributed by atoms with E-state index in [1.54, 1.807) is 24.3 Å². The van der Waals surface area contributed by atoms with Gasteiger partial charge in [0, 0.05) is 17.2 Å². The van der Waals surface area contributed by atoms with Gasteiger partial charge >= 0.3 is 6.29 Å². The Bertz CT molecular complexity index is 833. The number of halogens is 2. The smallest absolute Gasteiger partial charge is 0.395 e. The van der Waals surface area contributed by atoms with Crippen molar-refractivity contribution in [3.05, 3.63) is 53.6 Å². The molecule has 0 radical (unpaired) electrons. The van der Waals surface area contributed by atoms with Crippen LogP contribution in [0.3, 0.4) is 0 Å². The highest BCUT2D eigenvalue weighted by atomic mass is 19.3. The van der Waals surface area contributed by atoms with Crippen molar-refractivity contribution in [3.8, 4) is 11.5 Å². The summed E-state index contributed by atoms with van der Waals surface area (Å²) in [6.07, 6.45) is -1.75. The number of nitrogens with two attached hydrogens (primary N) is 1. The van der Waals surface area contributed by atoms with Gasteiger partial charge < -0.3 is 15.2 Å². The number of aliphatic imine (C=N–C) groups is 2. The topological polar surface area (TPSA) is 86.3 Å². The number of benzene rings is 2. The number of ether oxygens (including phenoxy) is 2. The number of rotatable bonds is 4. The molecule has 2 aromatic carbocycles. The lowest BCUT2D eigenvalue weighted by atomic mass is 10.1. The number of amidine groups is 1. The number of carbonyl (C=O) groups excluding carboxylic acids is 1. The fourth-order valence-corrected chi connectivity index (χ4v) is 1.98. The molecule has 122 valence electrons. The molecule has 0 aliphatic carbocycles. The quantitative estimate of drug-likeness (QED) is 0.530. The highest BCUT2D eigenvalue weighted by molar-refractivity contribution is 6.01. The third kappa shape index (κ3) is 3.37. The van der Waals surface area contributed by atoms with Crippen molar-refractivity contribution in [1.82, 2.24) is 0 Å². The van der Waals surface area contributed by atoms with Gasteiger partial charge in [-0.1, -0.05) is 24.3 Å². The molecule has 1 aliphatic rings. The summed E-state index contributed by atoms with van der Waals surface area (Å²) in [5, 5.41) is 0. The van der Waals surface area contributed by atoms with Crippen molar-refractivity contribution in [2.45, 2.75) is 6.29 Å². The maximum Gasteiger partial charge on any atom is 0.586 e. The first-order valence-corrected chi connectivity index (χ1v) is 6.78. The summed E-state index contributed by atoms with van der Waals surface area (Å²) in [5.41, 5.74) is 7.30. The fraction of sp³-hybridized carbons (Fsp3) is 0.0625. The molecule has 1 heterocycles. The van der Waals surface area contributed by atoms with Crippen molar-refractivity contribution < 1.29 is 23.0 Å². The van der Waals surface area contributed by atoms with Gasteiger partial charge in [-0.2, -0.15) is 0 Å². The van der Waals surface area contributed by atoms with E-state index in [1.165, 1.54) is 24.5 Å². The Morgan fingerprint density at radius 1 is 1.08 bits per heavy atom. The van der Waals surface area contributed by atoms with Crippen LogP contribution in [0.25, 0.3) is 0 Å². The zero-order valence-corrected chi connectivity index (χ0v) is 12.1. The van der Waals surface area contributed by atoms with Gasteiger partial charge in [0.2, 0.25) is 0 Å². The van der Waals surface area contributed by atoms with E-state index in [9.17, 15) is 13.6 Å². The second-order valence-electron chi connectivity index (χ2n) is 4.80. The molecule has 3 rings (SSSR count). The average Bonchev–Trinajstić information content (AvgIpc) is 2.88. The van der Waals surface area contributed by atoms with E-state index in [-0.39, 0.29) is 17.3 Å². The summed E-state index contributed by atoms with van der Waals surface area (Å²) in [6.45, 7) is 0. The van der Waals surface area contributed by atoms with Gasteiger partial charge in [0.05, 0.1) is 5.69 Å². The molecule has 0 bridgehead atoms. The molecule has 0 saturated heterocycles. The van der Waals surface area contributed by atoms with Gasteiger partial charge in [0.25, 0.3) is 0 Å². The van der Waals surface area contributed by atoms with E-state index in [4.69, 9.17) is 5.73 Å². The first-order chi connectivity index (χ1) is 11.5. The Balaban J connectivity index is 1.73. The second-order valence-corrected chi connectivity index (χ2v) is 4.80. The second kappa shape index (κ2) is 6.07. The SMILES string of the molecule is NC(=NC=Nc1ccc2c(c1)OC(F)(F)O2)c1ccc(C=O)cc1. The average molecular weight is 331 g/mol. The van der Waals surface area contributed by atoms with Gasteiger partial charge in [0.1, 0.15) is 18.5 Å². The van der Waals surface area contributed by atoms with E-state index in [0.29, 0.717) is 16.8 Å². The van der Waals surface area contributed by atoms with Crippen LogP contribution in [-0.4, -0.2) is 24.8 Å². The van der Waals surface area contributed by atoms with Gasteiger partial charge in [-0.25, -0.2) is 9.98 Å². The van der Waals surface area contributed by atoms with Crippen molar-refractivity contribution in [2.24, 2.45) is 15.7 Å². The molecule has 0 saturated carbocycles. The maximum absolute atomic E-state index is 12.9. The largest absolute Gasteiger partial charge is 0.586 e. The third-order valence-corrected chi connectivity index (χ3v) is 3.13. The first-order valence-electron chi connectivity index (χ1n) is 6.78. The lowest BCUT2D eigenvalue weighted by Gasteiger charge is -2.04. The predicted octanol–water partition coefficient (Wildman–Crippen LogP) is 2.89. The monoisotopic (exact) mass is 331 g/mol. The summed E-state index contributed by atoms with van der Waals surface area (Å²) < 4.78 is 34.5. The zero-order valence-electron chi connectivity index (χ0n) is 12.1. The van der Waals surface area contributed by atoms with E-state index < -0.39 is 6.29 Å². The zero-order chi connectivity index (χ0) is 17.2. The van der Waals surface area contributed by atoms with E-state index >= 15 is 0 Å². The summed E-state index contributed by atoms with van der Waals surface area (Å²) in [6, 6.07) is 10.6. The van der Waals surface area contributed by atoms with E-state index in [0.717, 1.165) is 6.29 Å². The number of hydrogen-bond donors (Lipinski definition) is 1. The van der Waals surface area contributed by atoms with Crippen LogP contribution in [0, 0.1) is 0 Å². The Kier molecular flexibility index (Phi) is 3.95. The Labute approximate surface area is 135 Å². The van der Waals surface area contributed by atoms with Crippen LogP contribution in [-0.2, 0) is 0 Å². The molecule has 0 fully saturated rings. The van der Waals surface area contributed by atoms with E-state index in [1.807, 2.05) is 0 Å². The standard InChI is InChI=1S/C16H11F2N3O3/c17-16(18)23-13-6-5-12(7-14(13)24-16)20-9-21-15(19)11-3-1-10(8-22)2-4-11/h1-9H,(H2,19,20,21). The lowest BCUT2D eigenvalue weighted by Crippen LogP contribution is -2.25. The molecule has 24 heavy (non-hydrogen) atoms. The van der Waals surface area contributed by atoms with Gasteiger partial charge in [-0.3, -0.25) is 4.79 Å². The van der Waals surface area contributed by atoms with Gasteiger partial charge in [-0.05, 0) is 12.1 Å². The molecule has 0 atom stereocenters. The van der Waals surface area contributed by atoms with Crippen LogP contribution in [0.4, 0.5) is 14.5 Å². The molecule has 0 aromatic heterocycles. The molecule has 6 nitrogen and oxygen atoms in total. The summed E-state index contributed by atoms with van der Waals surface area (Å²) in [4.78, 5) is 18.6. The van der Waals surface area contributed by atoms with Crippen molar-refractivity contribution in [1.29, 1.82) is 0 Å². The van der Waals surface area contributed by atoms with Crippen molar-refractivity contribution in [3.63, 3.8) is 0 Å². The number of alkyl halides is 2. The summed E-state index contributed by atoms with van der Waals surface area (Å²) in [5.74, 6) is 0.0387. The summed E-state index contributed by atoms with van der Waals surface area (Å²) >= 11 is 0. The van der Waals surface area contributed by atoms with Crippen LogP contribution >= 0.6 is 0 Å². The Morgan fingerprint density at radius 2 is 1.79 bits per heavy atom. The molecule has 0 spiro atoms. The molecule has 2 aromatic rings. The lowest BCUT2D eigenvalue weighted by molar-refractivity contribution is -0.286. The number of fused-ring (bicyclic) bond motifs is 1. The Morgan fingerprint density at radius 3 is 2.50 bits per heavy atom. The van der Waals surface area contributed by atoms with Crippen LogP contribution in [0.5, 0.6) is 11.5 Å². The Hall–Kier alpha value is -3.29. The molecular weight excluding hydrogens is 320 g/mol. The number of nitrogens with zero attached hydrogens (tertiary/aromatic N) is 2. The highest BCUT2D eigenvalue weighted by Crippen LogP contribution is 2.42. The molecule has 2 N–H and O–H groups in total. The minimum atomic E-state index is -3.67. The van der Waals surface area contributed by atoms with Gasteiger partial charge in [-0.15, -0.1) is 8.78 Å². The molecule has 0 amide bonds. The minimum Gasteiger partial charge on any atom is -0.395 e. The van der Waals surface area contributed by atoms with Gasteiger partial charge in [0.15, 0.2) is 11.5 Å². The highest BCUT2D eigenvalue weighted by Gasteiger charge is 2.43. The van der Waals surface area contributed by atoms with Crippen LogP contribution < -0.4 is 15.2 Å². The minimum absolute atomic E-state index is 0.0581. The predicted molar refractivity (Wildman–Crippen MR) is 83.4 cm³/mol. The van der Waals surface area contributed by atoms with Crippen molar-refractivity contribution in [2.75, 3.05) is 0 Å². The van der Waals surface area contributed by atoms with Crippen LogP contribution in [0.1, 0.15) is 15.9 Å². The van der Waals surface area contributed by atoms with Crippen LogP contribution in [0.2, 0.25) is 0 Å². The number of hydrogen-bond acceptors (Lipinski definition) is 4. The molecular formula is C16H11F2N3O3. The summed E-state index contributed by atoms with van der Waals surface area (Å²) in [7, 11) is 0. The normalized spacial score (nSPS) is 15.7. The third-order valence-electron chi connectivity index (χ3n) is 3.13. The maximum atomic E-state index is 12.9. The fourth-order valence-electron chi connectivity index (χ4n) is 1.98. The number of carbonyl (C=O) groups is 1. The van der Waals surface area contributed by atoms with E-state index in [2.05, 4.69) is 19.5 Å². The van der Waals surface area contributed by atoms with Crippen molar-refractivity contribution >= 4 is 24.1 Å². The van der Waals surface area contributed by atoms with Crippen LogP contribution in [0.15, 0.2) is 52.4 Å². The first kappa shape index (κ1) is 15.6. The molecule has 8 heteroatoms. The molecule has 1 aliphatic heterocycles. The molecule has 0 unspecified atom stereocenters.